The van der Waals surface area contributed by atoms with Crippen molar-refractivity contribution in [3.05, 3.63) is 29.6 Å². The Kier molecular flexibility index (Phi) is 1.43. The van der Waals surface area contributed by atoms with Crippen molar-refractivity contribution in [1.82, 2.24) is 9.55 Å². The fraction of sp³-hybridized carbons (Fsp3) is 0.300. The van der Waals surface area contributed by atoms with Gasteiger partial charge in [-0.2, -0.15) is 0 Å². The second-order valence-electron chi connectivity index (χ2n) is 3.25. The Balaban J connectivity index is 2.99. The van der Waals surface area contributed by atoms with E-state index in [2.05, 4.69) is 36.6 Å². The van der Waals surface area contributed by atoms with Gasteiger partial charge in [0.15, 0.2) is 0 Å². The van der Waals surface area contributed by atoms with Gasteiger partial charge in [-0.1, -0.05) is 0 Å². The molecule has 0 bridgehead atoms. The summed E-state index contributed by atoms with van der Waals surface area (Å²) in [5, 5.41) is 0. The summed E-state index contributed by atoms with van der Waals surface area (Å²) < 4.78 is 2.13. The van der Waals surface area contributed by atoms with Crippen molar-refractivity contribution in [2.75, 3.05) is 0 Å². The number of hydrogen-bond donors (Lipinski definition) is 0. The molecule has 2 aromatic heterocycles. The van der Waals surface area contributed by atoms with E-state index in [4.69, 9.17) is 0 Å². The predicted octanol–water partition coefficient (Wildman–Crippen LogP) is 2.19. The Morgan fingerprint density at radius 2 is 2.00 bits per heavy atom. The van der Waals surface area contributed by atoms with E-state index in [0.717, 1.165) is 5.52 Å². The molecule has 0 spiro atoms. The number of aromatic nitrogens is 2. The molecule has 2 rings (SSSR count). The van der Waals surface area contributed by atoms with E-state index < -0.39 is 0 Å². The summed E-state index contributed by atoms with van der Waals surface area (Å²) in [5.74, 6) is 0. The lowest BCUT2D eigenvalue weighted by molar-refractivity contribution is 0.958. The molecule has 0 saturated carbocycles. The third-order valence-corrected chi connectivity index (χ3v) is 2.24. The van der Waals surface area contributed by atoms with E-state index in [0.29, 0.717) is 0 Å². The number of hydrogen-bond acceptors (Lipinski definition) is 1. The van der Waals surface area contributed by atoms with Crippen LogP contribution in [0.1, 0.15) is 11.1 Å². The summed E-state index contributed by atoms with van der Waals surface area (Å²) in [5.41, 5.74) is 4.90. The first-order chi connectivity index (χ1) is 5.70. The summed E-state index contributed by atoms with van der Waals surface area (Å²) in [6, 6.07) is 2.04. The van der Waals surface area contributed by atoms with Gasteiger partial charge in [-0.25, -0.2) is 0 Å². The van der Waals surface area contributed by atoms with Gasteiger partial charge in [0.2, 0.25) is 0 Å². The Morgan fingerprint density at radius 1 is 1.25 bits per heavy atom. The molecule has 0 aliphatic heterocycles. The van der Waals surface area contributed by atoms with E-state index in [9.17, 15) is 0 Å². The highest BCUT2D eigenvalue weighted by Gasteiger charge is 2.04. The minimum atomic E-state index is 1.12. The van der Waals surface area contributed by atoms with Gasteiger partial charge >= 0.3 is 0 Å². The Bertz CT molecular complexity index is 427. The van der Waals surface area contributed by atoms with Crippen LogP contribution in [0.4, 0.5) is 0 Å². The van der Waals surface area contributed by atoms with E-state index >= 15 is 0 Å². The molecule has 2 aromatic rings. The van der Waals surface area contributed by atoms with E-state index in [1.54, 1.807) is 0 Å². The number of fused-ring (bicyclic) bond motifs is 1. The van der Waals surface area contributed by atoms with Crippen LogP contribution in [0.15, 0.2) is 18.5 Å². The Hall–Kier alpha value is -1.31. The third kappa shape index (κ3) is 0.843. The topological polar surface area (TPSA) is 17.8 Å². The monoisotopic (exact) mass is 160 g/mol. The quantitative estimate of drug-likeness (QED) is 0.577. The lowest BCUT2D eigenvalue weighted by Gasteiger charge is -1.98. The van der Waals surface area contributed by atoms with Gasteiger partial charge in [0.1, 0.15) is 0 Å². The predicted molar refractivity (Wildman–Crippen MR) is 50.2 cm³/mol. The minimum Gasteiger partial charge on any atom is -0.349 e. The maximum atomic E-state index is 4.34. The third-order valence-electron chi connectivity index (χ3n) is 2.24. The molecule has 0 atom stereocenters. The normalized spacial score (nSPS) is 10.9. The van der Waals surface area contributed by atoms with Crippen LogP contribution in [0.2, 0.25) is 0 Å². The number of pyridine rings is 1. The molecule has 0 aliphatic carbocycles. The molecule has 0 amide bonds. The number of aryl methyl sites for hydroxylation is 3. The highest BCUT2D eigenvalue weighted by atomic mass is 14.9. The molecule has 12 heavy (non-hydrogen) atoms. The van der Waals surface area contributed by atoms with Gasteiger partial charge in [-0.05, 0) is 31.0 Å². The van der Waals surface area contributed by atoms with Crippen LogP contribution in [0.3, 0.4) is 0 Å². The largest absolute Gasteiger partial charge is 0.349 e. The summed E-state index contributed by atoms with van der Waals surface area (Å²) in [4.78, 5) is 4.34. The SMILES string of the molecule is Cc1cn(C)c2c(C)ccnc12. The van der Waals surface area contributed by atoms with Crippen LogP contribution in [-0.2, 0) is 7.05 Å². The summed E-state index contributed by atoms with van der Waals surface area (Å²) in [6.45, 7) is 4.21. The van der Waals surface area contributed by atoms with Crippen molar-refractivity contribution in [2.24, 2.45) is 7.05 Å². The molecule has 0 fully saturated rings. The minimum absolute atomic E-state index is 1.12. The summed E-state index contributed by atoms with van der Waals surface area (Å²) >= 11 is 0. The van der Waals surface area contributed by atoms with Crippen molar-refractivity contribution >= 4 is 11.0 Å². The number of nitrogens with zero attached hydrogens (tertiary/aromatic N) is 2. The van der Waals surface area contributed by atoms with Crippen LogP contribution in [0.5, 0.6) is 0 Å². The average molecular weight is 160 g/mol. The summed E-state index contributed by atoms with van der Waals surface area (Å²) in [7, 11) is 2.06. The molecule has 0 aliphatic rings. The highest BCUT2D eigenvalue weighted by molar-refractivity contribution is 5.82. The molecule has 2 nitrogen and oxygen atoms in total. The fourth-order valence-electron chi connectivity index (χ4n) is 1.70. The van der Waals surface area contributed by atoms with E-state index in [-0.39, 0.29) is 0 Å². The zero-order valence-electron chi connectivity index (χ0n) is 7.63. The van der Waals surface area contributed by atoms with Crippen molar-refractivity contribution in [1.29, 1.82) is 0 Å². The van der Waals surface area contributed by atoms with Crippen molar-refractivity contribution in [3.63, 3.8) is 0 Å². The van der Waals surface area contributed by atoms with Crippen LogP contribution in [0, 0.1) is 13.8 Å². The lowest BCUT2D eigenvalue weighted by Crippen LogP contribution is -1.87. The second kappa shape index (κ2) is 2.34. The van der Waals surface area contributed by atoms with Crippen LogP contribution < -0.4 is 0 Å². The van der Waals surface area contributed by atoms with Gasteiger partial charge in [0.25, 0.3) is 0 Å². The fourth-order valence-corrected chi connectivity index (χ4v) is 1.70. The van der Waals surface area contributed by atoms with Crippen molar-refractivity contribution < 1.29 is 0 Å². The molecular formula is C10H12N2. The highest BCUT2D eigenvalue weighted by Crippen LogP contribution is 2.19. The first-order valence-electron chi connectivity index (χ1n) is 4.07. The standard InChI is InChI=1S/C10H12N2/c1-7-4-5-11-9-8(2)6-12(3)10(7)9/h4-6H,1-3H3. The van der Waals surface area contributed by atoms with Gasteiger partial charge < -0.3 is 4.57 Å². The lowest BCUT2D eigenvalue weighted by atomic mass is 10.2. The van der Waals surface area contributed by atoms with Crippen molar-refractivity contribution in [3.8, 4) is 0 Å². The van der Waals surface area contributed by atoms with Crippen molar-refractivity contribution in [2.45, 2.75) is 13.8 Å². The second-order valence-corrected chi connectivity index (χ2v) is 3.25. The first kappa shape index (κ1) is 7.35. The van der Waals surface area contributed by atoms with Crippen LogP contribution >= 0.6 is 0 Å². The number of rotatable bonds is 0. The maximum Gasteiger partial charge on any atom is 0.0912 e. The zero-order chi connectivity index (χ0) is 8.72. The molecular weight excluding hydrogens is 148 g/mol. The smallest absolute Gasteiger partial charge is 0.0912 e. The van der Waals surface area contributed by atoms with Gasteiger partial charge in [0, 0.05) is 19.4 Å². The Morgan fingerprint density at radius 3 is 2.67 bits per heavy atom. The molecule has 2 heteroatoms. The van der Waals surface area contributed by atoms with Gasteiger partial charge in [-0.3, -0.25) is 4.98 Å². The molecule has 0 aromatic carbocycles. The molecule has 0 unspecified atom stereocenters. The molecule has 0 N–H and O–H groups in total. The maximum absolute atomic E-state index is 4.34. The van der Waals surface area contributed by atoms with E-state index in [1.165, 1.54) is 16.6 Å². The molecule has 2 heterocycles. The van der Waals surface area contributed by atoms with Crippen LogP contribution in [-0.4, -0.2) is 9.55 Å². The van der Waals surface area contributed by atoms with Crippen LogP contribution in [0.25, 0.3) is 11.0 Å². The average Bonchev–Trinajstić information content (AvgIpc) is 2.29. The molecule has 62 valence electrons. The molecule has 0 saturated heterocycles. The summed E-state index contributed by atoms with van der Waals surface area (Å²) in [6.07, 6.45) is 3.98. The first-order valence-corrected chi connectivity index (χ1v) is 4.07. The molecule has 0 radical (unpaired) electrons. The zero-order valence-corrected chi connectivity index (χ0v) is 7.63. The van der Waals surface area contributed by atoms with Gasteiger partial charge in [-0.15, -0.1) is 0 Å². The van der Waals surface area contributed by atoms with Gasteiger partial charge in [0.05, 0.1) is 11.0 Å². The van der Waals surface area contributed by atoms with E-state index in [1.807, 2.05) is 12.3 Å². The Labute approximate surface area is 71.8 Å².